The predicted octanol–water partition coefficient (Wildman–Crippen LogP) is 1.64. The monoisotopic (exact) mass is 363 g/mol. The lowest BCUT2D eigenvalue weighted by atomic mass is 9.81. The molecule has 136 valence electrons. The number of hydrogen-bond donors (Lipinski definition) is 1. The number of likely N-dealkylation sites (N-methyl/N-ethyl adjacent to an activating group) is 1. The van der Waals surface area contributed by atoms with Crippen molar-refractivity contribution in [3.05, 3.63) is 22.4 Å². The van der Waals surface area contributed by atoms with Gasteiger partial charge >= 0.3 is 0 Å². The highest BCUT2D eigenvalue weighted by molar-refractivity contribution is 7.10. The van der Waals surface area contributed by atoms with E-state index in [-0.39, 0.29) is 42.1 Å². The molecule has 1 aliphatic heterocycles. The summed E-state index contributed by atoms with van der Waals surface area (Å²) in [5.41, 5.74) is 0. The topological polar surface area (TPSA) is 69.7 Å². The average Bonchev–Trinajstić information content (AvgIpc) is 3.19. The average molecular weight is 363 g/mol. The molecule has 2 fully saturated rings. The first-order valence-corrected chi connectivity index (χ1v) is 9.68. The fourth-order valence-corrected chi connectivity index (χ4v) is 4.74. The van der Waals surface area contributed by atoms with Gasteiger partial charge in [0.25, 0.3) is 0 Å². The summed E-state index contributed by atoms with van der Waals surface area (Å²) >= 11 is 1.65. The maximum Gasteiger partial charge on any atom is 0.240 e. The molecule has 2 heterocycles. The highest BCUT2D eigenvalue weighted by Crippen LogP contribution is 2.37. The molecule has 1 saturated carbocycles. The Morgan fingerprint density at radius 1 is 1.28 bits per heavy atom. The third-order valence-electron chi connectivity index (χ3n) is 5.22. The van der Waals surface area contributed by atoms with Crippen LogP contribution >= 0.6 is 11.3 Å². The zero-order valence-corrected chi connectivity index (χ0v) is 15.6. The van der Waals surface area contributed by atoms with Crippen LogP contribution in [0.4, 0.5) is 0 Å². The fourth-order valence-electron chi connectivity index (χ4n) is 3.82. The van der Waals surface area contributed by atoms with Crippen molar-refractivity contribution < 1.29 is 14.4 Å². The number of nitrogens with one attached hydrogen (secondary N) is 1. The summed E-state index contributed by atoms with van der Waals surface area (Å²) in [4.78, 5) is 41.6. The van der Waals surface area contributed by atoms with Crippen LogP contribution in [0.1, 0.15) is 36.6 Å². The number of amides is 3. The first-order valence-electron chi connectivity index (χ1n) is 8.80. The molecule has 0 radical (unpaired) electrons. The van der Waals surface area contributed by atoms with E-state index in [1.54, 1.807) is 11.3 Å². The van der Waals surface area contributed by atoms with Crippen LogP contribution in [0.25, 0.3) is 0 Å². The summed E-state index contributed by atoms with van der Waals surface area (Å²) in [6.07, 6.45) is 3.53. The van der Waals surface area contributed by atoms with Gasteiger partial charge in [-0.3, -0.25) is 19.3 Å². The third kappa shape index (κ3) is 3.77. The largest absolute Gasteiger partial charge is 0.353 e. The maximum absolute atomic E-state index is 12.4. The van der Waals surface area contributed by atoms with Gasteiger partial charge < -0.3 is 10.2 Å². The van der Waals surface area contributed by atoms with Crippen molar-refractivity contribution in [2.75, 3.05) is 27.2 Å². The minimum Gasteiger partial charge on any atom is -0.353 e. The summed E-state index contributed by atoms with van der Waals surface area (Å²) in [5, 5.41) is 4.89. The van der Waals surface area contributed by atoms with Gasteiger partial charge in [-0.05, 0) is 38.4 Å². The van der Waals surface area contributed by atoms with Gasteiger partial charge in [-0.1, -0.05) is 18.9 Å². The Labute approximate surface area is 152 Å². The Balaban J connectivity index is 1.57. The van der Waals surface area contributed by atoms with E-state index >= 15 is 0 Å². The van der Waals surface area contributed by atoms with E-state index in [1.807, 2.05) is 36.5 Å². The van der Waals surface area contributed by atoms with Crippen LogP contribution in [0.15, 0.2) is 17.5 Å². The molecular formula is C18H25N3O3S. The number of likely N-dealkylation sites (tertiary alicyclic amines) is 1. The zero-order valence-electron chi connectivity index (χ0n) is 14.7. The van der Waals surface area contributed by atoms with Crippen LogP contribution in [-0.2, 0) is 14.4 Å². The predicted molar refractivity (Wildman–Crippen MR) is 95.9 cm³/mol. The van der Waals surface area contributed by atoms with Gasteiger partial charge in [0.2, 0.25) is 17.7 Å². The lowest BCUT2D eigenvalue weighted by Gasteiger charge is -2.24. The lowest BCUT2D eigenvalue weighted by molar-refractivity contribution is -0.143. The van der Waals surface area contributed by atoms with Crippen molar-refractivity contribution in [2.45, 2.75) is 31.7 Å². The highest BCUT2D eigenvalue weighted by Gasteiger charge is 2.48. The molecular weight excluding hydrogens is 338 g/mol. The molecule has 0 spiro atoms. The number of thiophene rings is 1. The molecule has 1 saturated heterocycles. The maximum atomic E-state index is 12.4. The van der Waals surface area contributed by atoms with Gasteiger partial charge in [0, 0.05) is 11.4 Å². The molecule has 3 unspecified atom stereocenters. The fraction of sp³-hybridized carbons (Fsp3) is 0.611. The van der Waals surface area contributed by atoms with Crippen LogP contribution in [0.2, 0.25) is 0 Å². The molecule has 25 heavy (non-hydrogen) atoms. The lowest BCUT2D eigenvalue weighted by Crippen LogP contribution is -2.43. The van der Waals surface area contributed by atoms with E-state index in [0.29, 0.717) is 6.54 Å². The van der Waals surface area contributed by atoms with Gasteiger partial charge in [-0.25, -0.2) is 0 Å². The Morgan fingerprint density at radius 2 is 1.92 bits per heavy atom. The second-order valence-corrected chi connectivity index (χ2v) is 8.04. The van der Waals surface area contributed by atoms with Crippen molar-refractivity contribution >= 4 is 29.1 Å². The zero-order chi connectivity index (χ0) is 18.0. The van der Waals surface area contributed by atoms with Crippen LogP contribution < -0.4 is 5.32 Å². The molecule has 6 nitrogen and oxygen atoms in total. The standard InChI is InChI=1S/C18H25N3O3S/c1-20(2)14(15-8-5-9-25-15)10-19-16(22)11-21-17(23)12-6-3-4-7-13(12)18(21)24/h5,8-9,12-14H,3-4,6-7,10-11H2,1-2H3,(H,19,22). The number of nitrogens with zero attached hydrogens (tertiary/aromatic N) is 2. The molecule has 3 atom stereocenters. The summed E-state index contributed by atoms with van der Waals surface area (Å²) < 4.78 is 0. The number of imide groups is 1. The molecule has 2 aliphatic rings. The molecule has 3 amide bonds. The summed E-state index contributed by atoms with van der Waals surface area (Å²) in [6, 6.07) is 4.11. The summed E-state index contributed by atoms with van der Waals surface area (Å²) in [7, 11) is 3.93. The first kappa shape index (κ1) is 18.1. The molecule has 1 aliphatic carbocycles. The molecule has 3 rings (SSSR count). The van der Waals surface area contributed by atoms with Crippen molar-refractivity contribution in [1.29, 1.82) is 0 Å². The molecule has 0 aromatic carbocycles. The van der Waals surface area contributed by atoms with Crippen molar-refractivity contribution in [3.63, 3.8) is 0 Å². The number of hydrogen-bond acceptors (Lipinski definition) is 5. The van der Waals surface area contributed by atoms with Crippen LogP contribution in [0.3, 0.4) is 0 Å². The molecule has 0 bridgehead atoms. The second kappa shape index (κ2) is 7.66. The first-order chi connectivity index (χ1) is 12.0. The van der Waals surface area contributed by atoms with E-state index < -0.39 is 0 Å². The van der Waals surface area contributed by atoms with E-state index in [0.717, 1.165) is 25.7 Å². The van der Waals surface area contributed by atoms with Gasteiger partial charge in [0.15, 0.2) is 0 Å². The Bertz CT molecular complexity index is 620. The Kier molecular flexibility index (Phi) is 5.54. The number of rotatable bonds is 6. The van der Waals surface area contributed by atoms with E-state index in [2.05, 4.69) is 5.32 Å². The minimum atomic E-state index is -0.274. The van der Waals surface area contributed by atoms with Crippen LogP contribution in [0, 0.1) is 11.8 Å². The molecule has 1 aromatic rings. The van der Waals surface area contributed by atoms with E-state index in [1.165, 1.54) is 9.78 Å². The van der Waals surface area contributed by atoms with Crippen LogP contribution in [-0.4, -0.2) is 54.7 Å². The van der Waals surface area contributed by atoms with Crippen molar-refractivity contribution in [2.24, 2.45) is 11.8 Å². The van der Waals surface area contributed by atoms with Crippen LogP contribution in [0.5, 0.6) is 0 Å². The summed E-state index contributed by atoms with van der Waals surface area (Å²) in [5.74, 6) is -0.993. The quantitative estimate of drug-likeness (QED) is 0.780. The molecule has 7 heteroatoms. The number of carbonyl (C=O) groups excluding carboxylic acids is 3. The van der Waals surface area contributed by atoms with Crippen molar-refractivity contribution in [1.82, 2.24) is 15.1 Å². The Hall–Kier alpha value is -1.73. The Morgan fingerprint density at radius 3 is 2.44 bits per heavy atom. The normalized spacial score (nSPS) is 24.5. The van der Waals surface area contributed by atoms with E-state index in [4.69, 9.17) is 0 Å². The van der Waals surface area contributed by atoms with Gasteiger partial charge in [-0.15, -0.1) is 11.3 Å². The molecule has 1 N–H and O–H groups in total. The van der Waals surface area contributed by atoms with Gasteiger partial charge in [0.05, 0.1) is 17.9 Å². The third-order valence-corrected chi connectivity index (χ3v) is 6.20. The minimum absolute atomic E-state index is 0.0801. The number of fused-ring (bicyclic) bond motifs is 1. The van der Waals surface area contributed by atoms with Gasteiger partial charge in [-0.2, -0.15) is 0 Å². The SMILES string of the molecule is CN(C)C(CNC(=O)CN1C(=O)C2CCCCC2C1=O)c1cccs1. The molecule has 1 aromatic heterocycles. The highest BCUT2D eigenvalue weighted by atomic mass is 32.1. The van der Waals surface area contributed by atoms with Gasteiger partial charge in [0.1, 0.15) is 6.54 Å². The second-order valence-electron chi connectivity index (χ2n) is 7.06. The van der Waals surface area contributed by atoms with E-state index in [9.17, 15) is 14.4 Å². The smallest absolute Gasteiger partial charge is 0.240 e. The van der Waals surface area contributed by atoms with Crippen molar-refractivity contribution in [3.8, 4) is 0 Å². The summed E-state index contributed by atoms with van der Waals surface area (Å²) in [6.45, 7) is 0.296. The number of carbonyl (C=O) groups is 3.